The second-order valence-corrected chi connectivity index (χ2v) is 18.0. The van der Waals surface area contributed by atoms with Gasteiger partial charge >= 0.3 is 11.9 Å². The van der Waals surface area contributed by atoms with Crippen molar-refractivity contribution < 1.29 is 28.7 Å². The molecule has 0 radical (unpaired) electrons. The zero-order valence-corrected chi connectivity index (χ0v) is 35.5. The van der Waals surface area contributed by atoms with Crippen LogP contribution in [0.2, 0.25) is 0 Å². The van der Waals surface area contributed by atoms with Crippen molar-refractivity contribution in [3.63, 3.8) is 0 Å². The Morgan fingerprint density at radius 3 is 1.61 bits per heavy atom. The van der Waals surface area contributed by atoms with E-state index in [0.717, 1.165) is 61.1 Å². The third kappa shape index (κ3) is 7.83. The maximum atomic E-state index is 13.8. The SMILES string of the molecule is COC(=O)C[C@H](C(=O)N1CCC[C@H]1C1=NC=C(c2ccc(-c3ccc(C4=CN=C([C@@H]5CCCN5C(=O)[C@H](CC(=O)OC)C(C)C)C4)c4c3C3CCC4N3)cc2)C1)C(C)C. The summed E-state index contributed by atoms with van der Waals surface area (Å²) < 4.78 is 9.84. The number of aliphatic imine (C=N–C) groups is 2. The Kier molecular flexibility index (Phi) is 11.8. The Hall–Kier alpha value is -4.90. The Labute approximate surface area is 348 Å². The van der Waals surface area contributed by atoms with Crippen LogP contribution in [0.4, 0.5) is 0 Å². The van der Waals surface area contributed by atoms with Crippen LogP contribution in [0.1, 0.15) is 126 Å². The van der Waals surface area contributed by atoms with E-state index >= 15 is 0 Å². The number of esters is 2. The lowest BCUT2D eigenvalue weighted by Crippen LogP contribution is -2.45. The Morgan fingerprint density at radius 1 is 0.644 bits per heavy atom. The molecular formula is C48H59N5O6. The predicted octanol–water partition coefficient (Wildman–Crippen LogP) is 7.86. The lowest BCUT2D eigenvalue weighted by atomic mass is 9.80. The smallest absolute Gasteiger partial charge is 0.306 e. The summed E-state index contributed by atoms with van der Waals surface area (Å²) in [6.45, 7) is 9.34. The molecule has 8 rings (SSSR count). The highest BCUT2D eigenvalue weighted by atomic mass is 16.5. The molecule has 2 amide bonds. The van der Waals surface area contributed by atoms with E-state index in [1.807, 2.05) is 49.9 Å². The van der Waals surface area contributed by atoms with Crippen LogP contribution in [0.25, 0.3) is 22.3 Å². The highest BCUT2D eigenvalue weighted by Crippen LogP contribution is 2.52. The summed E-state index contributed by atoms with van der Waals surface area (Å²) in [5, 5.41) is 3.89. The number of nitrogens with one attached hydrogen (secondary N) is 1. The number of allylic oxidation sites excluding steroid dienone is 2. The minimum atomic E-state index is -0.409. The van der Waals surface area contributed by atoms with Crippen molar-refractivity contribution in [3.8, 4) is 11.1 Å². The Morgan fingerprint density at radius 2 is 1.10 bits per heavy atom. The monoisotopic (exact) mass is 801 g/mol. The number of nitrogens with zero attached hydrogens (tertiary/aromatic N) is 4. The van der Waals surface area contributed by atoms with Gasteiger partial charge < -0.3 is 24.6 Å². The van der Waals surface area contributed by atoms with E-state index in [-0.39, 0.29) is 60.5 Å². The van der Waals surface area contributed by atoms with E-state index in [4.69, 9.17) is 19.5 Å². The van der Waals surface area contributed by atoms with E-state index in [0.29, 0.717) is 38.0 Å². The maximum absolute atomic E-state index is 13.8. The number of carbonyl (C=O) groups is 4. The fraction of sp³-hybridized carbons (Fsp3) is 0.542. The van der Waals surface area contributed by atoms with Crippen LogP contribution < -0.4 is 5.32 Å². The van der Waals surface area contributed by atoms with Gasteiger partial charge in [0.15, 0.2) is 0 Å². The molecule has 2 unspecified atom stereocenters. The molecule has 2 bridgehead atoms. The summed E-state index contributed by atoms with van der Waals surface area (Å²) >= 11 is 0. The predicted molar refractivity (Wildman–Crippen MR) is 229 cm³/mol. The van der Waals surface area contributed by atoms with Gasteiger partial charge in [-0.15, -0.1) is 0 Å². The molecule has 2 aromatic carbocycles. The number of likely N-dealkylation sites (tertiary alicyclic amines) is 2. The molecule has 11 heteroatoms. The molecule has 0 saturated carbocycles. The van der Waals surface area contributed by atoms with Crippen LogP contribution in [0.5, 0.6) is 0 Å². The number of hydrogen-bond acceptors (Lipinski definition) is 9. The van der Waals surface area contributed by atoms with Gasteiger partial charge in [-0.25, -0.2) is 0 Å². The molecule has 2 aromatic rings. The molecule has 6 aliphatic heterocycles. The number of fused-ring (bicyclic) bond motifs is 5. The highest BCUT2D eigenvalue weighted by Gasteiger charge is 2.43. The first-order valence-corrected chi connectivity index (χ1v) is 21.8. The average molecular weight is 802 g/mol. The third-order valence-electron chi connectivity index (χ3n) is 13.9. The lowest BCUT2D eigenvalue weighted by Gasteiger charge is -2.30. The van der Waals surface area contributed by atoms with Crippen LogP contribution in [-0.2, 0) is 28.7 Å². The summed E-state index contributed by atoms with van der Waals surface area (Å²) in [5.41, 5.74) is 12.0. The van der Waals surface area contributed by atoms with Crippen LogP contribution in [0.3, 0.4) is 0 Å². The van der Waals surface area contributed by atoms with Gasteiger partial charge in [0.25, 0.3) is 0 Å². The first-order valence-electron chi connectivity index (χ1n) is 21.8. The van der Waals surface area contributed by atoms with Gasteiger partial charge in [0, 0.05) is 61.8 Å². The van der Waals surface area contributed by atoms with Crippen LogP contribution >= 0.6 is 0 Å². The molecule has 0 aliphatic carbocycles. The molecule has 0 spiro atoms. The molecule has 3 fully saturated rings. The fourth-order valence-electron chi connectivity index (χ4n) is 10.5. The van der Waals surface area contributed by atoms with Crippen molar-refractivity contribution in [1.82, 2.24) is 15.1 Å². The van der Waals surface area contributed by atoms with Crippen molar-refractivity contribution in [2.75, 3.05) is 27.3 Å². The second-order valence-electron chi connectivity index (χ2n) is 18.0. The number of carbonyl (C=O) groups excluding carboxylic acids is 4. The number of ether oxygens (including phenoxy) is 2. The lowest BCUT2D eigenvalue weighted by molar-refractivity contribution is -0.148. The minimum Gasteiger partial charge on any atom is -0.469 e. The molecule has 6 heterocycles. The molecule has 312 valence electrons. The topological polar surface area (TPSA) is 130 Å². The number of amides is 2. The first-order chi connectivity index (χ1) is 28.5. The van der Waals surface area contributed by atoms with Crippen molar-refractivity contribution in [1.29, 1.82) is 0 Å². The second kappa shape index (κ2) is 17.0. The van der Waals surface area contributed by atoms with E-state index < -0.39 is 11.8 Å². The zero-order chi connectivity index (χ0) is 41.5. The van der Waals surface area contributed by atoms with Crippen molar-refractivity contribution in [2.45, 2.75) is 116 Å². The summed E-state index contributed by atoms with van der Waals surface area (Å²) in [6.07, 6.45) is 11.4. The Bertz CT molecular complexity index is 2130. The highest BCUT2D eigenvalue weighted by molar-refractivity contribution is 6.05. The molecule has 0 aromatic heterocycles. The van der Waals surface area contributed by atoms with Gasteiger partial charge in [-0.1, -0.05) is 64.1 Å². The summed E-state index contributed by atoms with van der Waals surface area (Å²) in [7, 11) is 2.75. The number of methoxy groups -OCH3 is 2. The molecule has 59 heavy (non-hydrogen) atoms. The zero-order valence-electron chi connectivity index (χ0n) is 35.5. The van der Waals surface area contributed by atoms with Gasteiger partial charge in [-0.3, -0.25) is 29.2 Å². The van der Waals surface area contributed by atoms with Crippen molar-refractivity contribution in [3.05, 3.63) is 71.1 Å². The number of benzene rings is 2. The standard InChI is InChI=1S/C48H59N5O6/c1-27(2)35(23-43(54)58-5)47(56)52-19-7-9-41(52)39-21-31(25-49-39)29-11-13-30(14-12-29)33-15-16-34(46-38-18-17-37(51-38)45(33)46)32-22-40(50-26-32)42-10-8-20-53(42)48(57)36(28(3)4)24-44(55)59-6/h11-16,25-28,35-38,41-42,51H,7-10,17-24H2,1-6H3/t35-,36+,37?,38?,41-,42-/m0/s1. The molecule has 11 nitrogen and oxygen atoms in total. The fourth-order valence-corrected chi connectivity index (χ4v) is 10.5. The summed E-state index contributed by atoms with van der Waals surface area (Å²) in [5.74, 6) is -1.41. The quantitative estimate of drug-likeness (QED) is 0.204. The average Bonchev–Trinajstić information content (AvgIpc) is 4.10. The van der Waals surface area contributed by atoms with E-state index in [1.54, 1.807) is 0 Å². The normalized spacial score (nSPS) is 24.3. The van der Waals surface area contributed by atoms with Crippen molar-refractivity contribution in [2.24, 2.45) is 33.7 Å². The van der Waals surface area contributed by atoms with Gasteiger partial charge in [0.2, 0.25) is 11.8 Å². The van der Waals surface area contributed by atoms with Crippen LogP contribution in [-0.4, -0.2) is 84.4 Å². The first kappa shape index (κ1) is 40.9. The largest absolute Gasteiger partial charge is 0.469 e. The number of rotatable bonds is 13. The van der Waals surface area contributed by atoms with E-state index in [9.17, 15) is 19.2 Å². The number of hydrogen-bond donors (Lipinski definition) is 1. The Balaban J connectivity index is 0.953. The molecule has 6 aliphatic rings. The molecule has 1 N–H and O–H groups in total. The van der Waals surface area contributed by atoms with Gasteiger partial charge in [0.1, 0.15) is 0 Å². The van der Waals surface area contributed by atoms with Crippen LogP contribution in [0, 0.1) is 23.7 Å². The van der Waals surface area contributed by atoms with Gasteiger partial charge in [-0.05, 0) is 94.9 Å². The van der Waals surface area contributed by atoms with Gasteiger partial charge in [-0.2, -0.15) is 0 Å². The molecule has 3 saturated heterocycles. The summed E-state index contributed by atoms with van der Waals surface area (Å²) in [4.78, 5) is 65.7. The molecular weight excluding hydrogens is 743 g/mol. The minimum absolute atomic E-state index is 0.0214. The third-order valence-corrected chi connectivity index (χ3v) is 13.9. The van der Waals surface area contributed by atoms with Gasteiger partial charge in [0.05, 0.1) is 51.0 Å². The summed E-state index contributed by atoms with van der Waals surface area (Å²) in [6, 6.07) is 13.9. The van der Waals surface area contributed by atoms with E-state index in [1.165, 1.54) is 47.6 Å². The molecule has 6 atom stereocenters. The maximum Gasteiger partial charge on any atom is 0.306 e. The van der Waals surface area contributed by atoms with Crippen molar-refractivity contribution >= 4 is 46.3 Å². The van der Waals surface area contributed by atoms with E-state index in [2.05, 4.69) is 41.7 Å². The van der Waals surface area contributed by atoms with Crippen LogP contribution in [0.15, 0.2) is 58.8 Å².